The molecule has 0 bridgehead atoms. The Hall–Kier alpha value is -3.55. The maximum atomic E-state index is 12.5. The molecule has 0 aliphatic carbocycles. The molecule has 0 fully saturated rings. The van der Waals surface area contributed by atoms with Gasteiger partial charge in [-0.1, -0.05) is 18.2 Å². The zero-order chi connectivity index (χ0) is 19.7. The number of hydrogen-bond donors (Lipinski definition) is 4. The van der Waals surface area contributed by atoms with Gasteiger partial charge in [-0.3, -0.25) is 14.6 Å². The Bertz CT molecular complexity index is 1120. The van der Waals surface area contributed by atoms with Crippen molar-refractivity contribution in [2.24, 2.45) is 0 Å². The Labute approximate surface area is 160 Å². The minimum absolute atomic E-state index is 0.241. The summed E-state index contributed by atoms with van der Waals surface area (Å²) >= 11 is 0. The first-order valence-corrected chi connectivity index (χ1v) is 8.68. The predicted molar refractivity (Wildman–Crippen MR) is 106 cm³/mol. The highest BCUT2D eigenvalue weighted by Gasteiger charge is 2.25. The second kappa shape index (κ2) is 7.22. The van der Waals surface area contributed by atoms with Gasteiger partial charge in [-0.05, 0) is 42.0 Å². The number of amides is 2. The van der Waals surface area contributed by atoms with Crippen molar-refractivity contribution in [3.63, 3.8) is 0 Å². The van der Waals surface area contributed by atoms with Gasteiger partial charge in [0, 0.05) is 34.1 Å². The second-order valence-corrected chi connectivity index (χ2v) is 6.38. The summed E-state index contributed by atoms with van der Waals surface area (Å²) in [5, 5.41) is 24.6. The molecule has 7 nitrogen and oxygen atoms in total. The molecular formula is C21H17N3O4. The molecule has 1 aromatic heterocycles. The summed E-state index contributed by atoms with van der Waals surface area (Å²) < 4.78 is 0. The zero-order valence-electron chi connectivity index (χ0n) is 14.7. The molecule has 2 amide bonds. The summed E-state index contributed by atoms with van der Waals surface area (Å²) in [6, 6.07) is 14.4. The monoisotopic (exact) mass is 375 g/mol. The van der Waals surface area contributed by atoms with Crippen LogP contribution in [-0.4, -0.2) is 39.7 Å². The van der Waals surface area contributed by atoms with Gasteiger partial charge in [0.2, 0.25) is 0 Å². The van der Waals surface area contributed by atoms with E-state index in [0.717, 1.165) is 16.5 Å². The van der Waals surface area contributed by atoms with Crippen LogP contribution in [-0.2, 0) is 9.59 Å². The third kappa shape index (κ3) is 3.24. The van der Waals surface area contributed by atoms with Crippen LogP contribution >= 0.6 is 0 Å². The van der Waals surface area contributed by atoms with E-state index in [-0.39, 0.29) is 5.91 Å². The van der Waals surface area contributed by atoms with Crippen molar-refractivity contribution in [2.75, 3.05) is 17.2 Å². The van der Waals surface area contributed by atoms with Gasteiger partial charge in [0.05, 0.1) is 12.1 Å². The Morgan fingerprint density at radius 2 is 2.04 bits per heavy atom. The normalized spacial score (nSPS) is 15.4. The molecular weight excluding hydrogens is 358 g/mol. The van der Waals surface area contributed by atoms with Gasteiger partial charge in [0.15, 0.2) is 6.10 Å². The van der Waals surface area contributed by atoms with Gasteiger partial charge in [-0.2, -0.15) is 0 Å². The lowest BCUT2D eigenvalue weighted by Gasteiger charge is -2.10. The number of pyridine rings is 1. The average molecular weight is 375 g/mol. The van der Waals surface area contributed by atoms with Gasteiger partial charge >= 0.3 is 0 Å². The molecule has 140 valence electrons. The van der Waals surface area contributed by atoms with E-state index < -0.39 is 18.6 Å². The van der Waals surface area contributed by atoms with Crippen molar-refractivity contribution in [1.29, 1.82) is 0 Å². The number of rotatable bonds is 4. The van der Waals surface area contributed by atoms with Crippen LogP contribution in [0.25, 0.3) is 22.6 Å². The van der Waals surface area contributed by atoms with Gasteiger partial charge in [-0.25, -0.2) is 0 Å². The van der Waals surface area contributed by atoms with E-state index in [1.54, 1.807) is 30.5 Å². The zero-order valence-corrected chi connectivity index (χ0v) is 14.7. The van der Waals surface area contributed by atoms with Crippen LogP contribution in [0.3, 0.4) is 0 Å². The first kappa shape index (κ1) is 17.8. The molecule has 2 heterocycles. The van der Waals surface area contributed by atoms with Gasteiger partial charge < -0.3 is 20.8 Å². The van der Waals surface area contributed by atoms with Crippen LogP contribution in [0, 0.1) is 0 Å². The maximum Gasteiger partial charge on any atom is 0.256 e. The molecule has 1 aliphatic rings. The fourth-order valence-corrected chi connectivity index (χ4v) is 3.12. The summed E-state index contributed by atoms with van der Waals surface area (Å²) in [6.07, 6.45) is 1.97. The molecule has 0 saturated heterocycles. The minimum atomic E-state index is -1.51. The van der Waals surface area contributed by atoms with E-state index in [9.17, 15) is 14.7 Å². The summed E-state index contributed by atoms with van der Waals surface area (Å²) in [6.45, 7) is -0.670. The molecule has 4 rings (SSSR count). The number of aromatic nitrogens is 1. The first-order chi connectivity index (χ1) is 13.6. The number of benzene rings is 2. The van der Waals surface area contributed by atoms with Crippen molar-refractivity contribution in [2.45, 2.75) is 6.10 Å². The van der Waals surface area contributed by atoms with Crippen molar-refractivity contribution in [3.8, 4) is 0 Å². The largest absolute Gasteiger partial charge is 0.393 e. The molecule has 4 N–H and O–H groups in total. The first-order valence-electron chi connectivity index (χ1n) is 8.68. The maximum absolute atomic E-state index is 12.5. The van der Waals surface area contributed by atoms with Gasteiger partial charge in [-0.15, -0.1) is 0 Å². The Morgan fingerprint density at radius 3 is 2.86 bits per heavy atom. The van der Waals surface area contributed by atoms with Crippen molar-refractivity contribution in [1.82, 2.24) is 4.98 Å². The number of fused-ring (bicyclic) bond motifs is 2. The van der Waals surface area contributed by atoms with Crippen LogP contribution in [0.4, 0.5) is 11.4 Å². The number of aliphatic hydroxyl groups excluding tert-OH is 2. The van der Waals surface area contributed by atoms with E-state index in [4.69, 9.17) is 5.11 Å². The molecule has 1 atom stereocenters. The topological polar surface area (TPSA) is 112 Å². The molecule has 0 radical (unpaired) electrons. The standard InChI is InChI=1S/C21H17N3O4/c25-11-19(26)21(28)23-13-5-6-18-15(10-13)16(20(27)24-18)9-12-7-8-22-17-4-2-1-3-14(12)17/h1-10,19,25-26H,11H2,(H,23,28)(H,24,27). The number of carbonyl (C=O) groups is 2. The Balaban J connectivity index is 1.74. The highest BCUT2D eigenvalue weighted by atomic mass is 16.3. The summed E-state index contributed by atoms with van der Waals surface area (Å²) in [4.78, 5) is 28.6. The van der Waals surface area contributed by atoms with E-state index in [2.05, 4.69) is 15.6 Å². The number of para-hydroxylation sites is 1. The summed E-state index contributed by atoms with van der Waals surface area (Å²) in [5.74, 6) is -0.958. The predicted octanol–water partition coefficient (Wildman–Crippen LogP) is 2.02. The second-order valence-electron chi connectivity index (χ2n) is 6.38. The Morgan fingerprint density at radius 1 is 1.21 bits per heavy atom. The average Bonchev–Trinajstić information content (AvgIpc) is 3.02. The van der Waals surface area contributed by atoms with Crippen LogP contribution in [0.5, 0.6) is 0 Å². The summed E-state index contributed by atoms with van der Waals surface area (Å²) in [7, 11) is 0. The van der Waals surface area contributed by atoms with E-state index in [0.29, 0.717) is 22.5 Å². The fourth-order valence-electron chi connectivity index (χ4n) is 3.12. The van der Waals surface area contributed by atoms with Crippen LogP contribution in [0.15, 0.2) is 54.7 Å². The van der Waals surface area contributed by atoms with E-state index in [1.807, 2.05) is 30.3 Å². The van der Waals surface area contributed by atoms with Crippen molar-refractivity contribution in [3.05, 3.63) is 65.9 Å². The number of anilines is 2. The van der Waals surface area contributed by atoms with Gasteiger partial charge in [0.25, 0.3) is 11.8 Å². The lowest BCUT2D eigenvalue weighted by atomic mass is 10.0. The lowest BCUT2D eigenvalue weighted by Crippen LogP contribution is -2.30. The molecule has 0 spiro atoms. The van der Waals surface area contributed by atoms with E-state index >= 15 is 0 Å². The Kier molecular flexibility index (Phi) is 4.60. The number of aliphatic hydroxyl groups is 2. The molecule has 3 aromatic rings. The fraction of sp³-hybridized carbons (Fsp3) is 0.0952. The van der Waals surface area contributed by atoms with E-state index in [1.165, 1.54) is 0 Å². The molecule has 2 aromatic carbocycles. The lowest BCUT2D eigenvalue weighted by molar-refractivity contribution is -0.125. The molecule has 1 unspecified atom stereocenters. The molecule has 28 heavy (non-hydrogen) atoms. The number of carbonyl (C=O) groups excluding carboxylic acids is 2. The molecule has 7 heteroatoms. The summed E-state index contributed by atoms with van der Waals surface area (Å²) in [5.41, 5.74) is 3.84. The van der Waals surface area contributed by atoms with Crippen molar-refractivity contribution >= 4 is 45.7 Å². The SMILES string of the molecule is O=C1Nc2ccc(NC(=O)C(O)CO)cc2C1=Cc1ccnc2ccccc12. The molecule has 1 aliphatic heterocycles. The van der Waals surface area contributed by atoms with Crippen molar-refractivity contribution < 1.29 is 19.8 Å². The minimum Gasteiger partial charge on any atom is -0.393 e. The van der Waals surface area contributed by atoms with Crippen LogP contribution in [0.1, 0.15) is 11.1 Å². The van der Waals surface area contributed by atoms with Crippen LogP contribution in [0.2, 0.25) is 0 Å². The van der Waals surface area contributed by atoms with Gasteiger partial charge in [0.1, 0.15) is 0 Å². The number of hydrogen-bond acceptors (Lipinski definition) is 5. The third-order valence-corrected chi connectivity index (χ3v) is 4.53. The highest BCUT2D eigenvalue weighted by molar-refractivity contribution is 6.35. The third-order valence-electron chi connectivity index (χ3n) is 4.53. The highest BCUT2D eigenvalue weighted by Crippen LogP contribution is 2.35. The van der Waals surface area contributed by atoms with Crippen LogP contribution < -0.4 is 10.6 Å². The molecule has 0 saturated carbocycles. The number of nitrogens with zero attached hydrogens (tertiary/aromatic N) is 1. The number of nitrogens with one attached hydrogen (secondary N) is 2. The quantitative estimate of drug-likeness (QED) is 0.521. The smallest absolute Gasteiger partial charge is 0.256 e.